The van der Waals surface area contributed by atoms with Crippen molar-refractivity contribution in [2.24, 2.45) is 5.73 Å². The smallest absolute Gasteiger partial charge is 0.168 e. The van der Waals surface area contributed by atoms with Gasteiger partial charge in [-0.3, -0.25) is 6.26 Å². The van der Waals surface area contributed by atoms with Crippen molar-refractivity contribution in [1.82, 2.24) is 0 Å². The maximum absolute atomic E-state index is 9.09. The van der Waals surface area contributed by atoms with Crippen LogP contribution >= 0.6 is 11.8 Å². The summed E-state index contributed by atoms with van der Waals surface area (Å²) in [5, 5.41) is 18.0. The van der Waals surface area contributed by atoms with E-state index in [1.807, 2.05) is 0 Å². The van der Waals surface area contributed by atoms with Gasteiger partial charge in [-0.25, -0.2) is 0 Å². The van der Waals surface area contributed by atoms with Gasteiger partial charge in [0.05, 0.1) is 0 Å². The molecule has 0 saturated carbocycles. The zero-order valence-electron chi connectivity index (χ0n) is 7.40. The molecule has 1 rings (SSSR count). The standard InChI is InChI=1S/C7H7O2S.CH5N.Y/c1-10-6-4-2-3-5(8)7(6)9;1-2;/h2-4,8-9H,1H2;2H2,1H3;/q-1;;. The van der Waals surface area contributed by atoms with Crippen LogP contribution in [0, 0.1) is 6.26 Å². The van der Waals surface area contributed by atoms with E-state index in [2.05, 4.69) is 12.0 Å². The fourth-order valence-corrected chi connectivity index (χ4v) is 1.04. The summed E-state index contributed by atoms with van der Waals surface area (Å²) in [6.07, 6.45) is 3.50. The molecule has 13 heavy (non-hydrogen) atoms. The van der Waals surface area contributed by atoms with Gasteiger partial charge in [-0.1, -0.05) is 6.07 Å². The van der Waals surface area contributed by atoms with Crippen LogP contribution in [-0.4, -0.2) is 17.3 Å². The number of nitrogens with two attached hydrogens (primary N) is 1. The second kappa shape index (κ2) is 8.82. The van der Waals surface area contributed by atoms with Gasteiger partial charge in [-0.15, -0.1) is 0 Å². The minimum atomic E-state index is -0.103. The molecule has 0 aliphatic heterocycles. The zero-order valence-corrected chi connectivity index (χ0v) is 11.1. The van der Waals surface area contributed by atoms with Crippen LogP contribution in [0.25, 0.3) is 0 Å². The third-order valence-corrected chi connectivity index (χ3v) is 1.77. The molecule has 1 aromatic carbocycles. The van der Waals surface area contributed by atoms with Gasteiger partial charge in [-0.2, -0.15) is 0 Å². The first-order valence-electron chi connectivity index (χ1n) is 3.26. The Morgan fingerprint density at radius 3 is 2.23 bits per heavy atom. The van der Waals surface area contributed by atoms with Crippen LogP contribution in [0.3, 0.4) is 0 Å². The Balaban J connectivity index is 0. The Kier molecular flexibility index (Phi) is 10.6. The van der Waals surface area contributed by atoms with Crippen molar-refractivity contribution in [3.05, 3.63) is 24.5 Å². The number of hydrogen-bond donors (Lipinski definition) is 3. The maximum Gasteiger partial charge on any atom is 0.168 e. The topological polar surface area (TPSA) is 66.5 Å². The number of phenols is 2. The summed E-state index contributed by atoms with van der Waals surface area (Å²) < 4.78 is 0. The molecule has 0 spiro atoms. The molecule has 4 N–H and O–H groups in total. The Morgan fingerprint density at radius 1 is 1.31 bits per heavy atom. The van der Waals surface area contributed by atoms with Crippen LogP contribution in [0.2, 0.25) is 0 Å². The van der Waals surface area contributed by atoms with Gasteiger partial charge in [0.25, 0.3) is 0 Å². The summed E-state index contributed by atoms with van der Waals surface area (Å²) in [4.78, 5) is 0.583. The molecule has 0 fully saturated rings. The number of rotatable bonds is 1. The van der Waals surface area contributed by atoms with Gasteiger partial charge < -0.3 is 27.7 Å². The Bertz CT molecular complexity index is 246. The van der Waals surface area contributed by atoms with Gasteiger partial charge in [0, 0.05) is 37.6 Å². The van der Waals surface area contributed by atoms with Gasteiger partial charge in [0.15, 0.2) is 11.5 Å². The van der Waals surface area contributed by atoms with Gasteiger partial charge in [-0.05, 0) is 19.2 Å². The molecular weight excluding hydrogens is 263 g/mol. The Labute approximate surface area is 108 Å². The SMILES string of the molecule is CN.[CH2-]Sc1cccc(O)c1O.[Y]. The second-order valence-electron chi connectivity index (χ2n) is 1.77. The Hall–Kier alpha value is 0.234. The van der Waals surface area contributed by atoms with Crippen molar-refractivity contribution in [3.8, 4) is 11.5 Å². The first kappa shape index (κ1) is 15.7. The summed E-state index contributed by atoms with van der Waals surface area (Å²) >= 11 is 1.15. The molecular formula is C8H12NO2SY-. The van der Waals surface area contributed by atoms with E-state index in [4.69, 9.17) is 10.2 Å². The largest absolute Gasteiger partial charge is 0.504 e. The number of benzene rings is 1. The quantitative estimate of drug-likeness (QED) is 0.413. The predicted molar refractivity (Wildman–Crippen MR) is 51.1 cm³/mol. The van der Waals surface area contributed by atoms with E-state index in [0.29, 0.717) is 4.90 Å². The van der Waals surface area contributed by atoms with Crippen molar-refractivity contribution < 1.29 is 42.9 Å². The van der Waals surface area contributed by atoms with E-state index in [-0.39, 0.29) is 44.2 Å². The molecule has 0 heterocycles. The van der Waals surface area contributed by atoms with E-state index in [9.17, 15) is 0 Å². The molecule has 0 aromatic heterocycles. The minimum Gasteiger partial charge on any atom is -0.504 e. The first-order chi connectivity index (χ1) is 5.75. The average Bonchev–Trinajstić information content (AvgIpc) is 2.13. The fraction of sp³-hybridized carbons (Fsp3) is 0.125. The van der Waals surface area contributed by atoms with E-state index in [1.165, 1.54) is 13.1 Å². The van der Waals surface area contributed by atoms with Crippen molar-refractivity contribution in [3.63, 3.8) is 0 Å². The van der Waals surface area contributed by atoms with Crippen molar-refractivity contribution >= 4 is 11.8 Å². The molecule has 71 valence electrons. The summed E-state index contributed by atoms with van der Waals surface area (Å²) in [6, 6.07) is 4.77. The minimum absolute atomic E-state index is 0. The second-order valence-corrected chi connectivity index (χ2v) is 2.50. The normalized spacial score (nSPS) is 7.92. The van der Waals surface area contributed by atoms with E-state index in [1.54, 1.807) is 12.1 Å². The number of hydrogen-bond acceptors (Lipinski definition) is 4. The van der Waals surface area contributed by atoms with Crippen molar-refractivity contribution in [2.75, 3.05) is 7.05 Å². The predicted octanol–water partition coefficient (Wildman–Crippen LogP) is 1.55. The molecule has 0 amide bonds. The molecule has 0 bridgehead atoms. The molecule has 1 radical (unpaired) electrons. The van der Waals surface area contributed by atoms with Crippen LogP contribution in [0.15, 0.2) is 23.1 Å². The van der Waals surface area contributed by atoms with E-state index in [0.717, 1.165) is 11.8 Å². The molecule has 0 saturated heterocycles. The molecule has 5 heteroatoms. The molecule has 0 aliphatic rings. The third-order valence-electron chi connectivity index (χ3n) is 1.13. The van der Waals surface area contributed by atoms with Crippen LogP contribution in [0.5, 0.6) is 11.5 Å². The van der Waals surface area contributed by atoms with Crippen molar-refractivity contribution in [1.29, 1.82) is 0 Å². The number of phenolic OH excluding ortho intramolecular Hbond substituents is 2. The first-order valence-corrected chi connectivity index (χ1v) is 4.25. The number of aromatic hydroxyl groups is 2. The third kappa shape index (κ3) is 4.86. The number of para-hydroxylation sites is 1. The van der Waals surface area contributed by atoms with Crippen LogP contribution in [0.1, 0.15) is 0 Å². The number of thioether (sulfide) groups is 1. The van der Waals surface area contributed by atoms with E-state index >= 15 is 0 Å². The molecule has 0 unspecified atom stereocenters. The summed E-state index contributed by atoms with van der Waals surface area (Å²) in [7, 11) is 1.50. The Morgan fingerprint density at radius 2 is 1.85 bits per heavy atom. The van der Waals surface area contributed by atoms with Gasteiger partial charge in [0.2, 0.25) is 0 Å². The van der Waals surface area contributed by atoms with Crippen LogP contribution in [0.4, 0.5) is 0 Å². The molecule has 1 aromatic rings. The van der Waals surface area contributed by atoms with Gasteiger partial charge in [0.1, 0.15) is 0 Å². The average molecular weight is 275 g/mol. The summed E-state index contributed by atoms with van der Waals surface area (Å²) in [5.74, 6) is -0.198. The van der Waals surface area contributed by atoms with Crippen LogP contribution < -0.4 is 5.73 Å². The molecule has 3 nitrogen and oxygen atoms in total. The van der Waals surface area contributed by atoms with Crippen LogP contribution in [-0.2, 0) is 32.7 Å². The van der Waals surface area contributed by atoms with Crippen molar-refractivity contribution in [2.45, 2.75) is 4.90 Å². The molecule has 0 aliphatic carbocycles. The van der Waals surface area contributed by atoms with E-state index < -0.39 is 0 Å². The molecule has 0 atom stereocenters. The zero-order chi connectivity index (χ0) is 9.56. The van der Waals surface area contributed by atoms with Gasteiger partial charge >= 0.3 is 0 Å². The maximum atomic E-state index is 9.09. The summed E-state index contributed by atoms with van der Waals surface area (Å²) in [6.45, 7) is 0. The monoisotopic (exact) mass is 275 g/mol. The summed E-state index contributed by atoms with van der Waals surface area (Å²) in [5.41, 5.74) is 4.50. The fourth-order valence-electron chi connectivity index (χ4n) is 0.627.